The summed E-state index contributed by atoms with van der Waals surface area (Å²) in [6.45, 7) is 2.25. The molecule has 2 rings (SSSR count). The Bertz CT molecular complexity index is 1170. The fraction of sp³-hybridized carbons (Fsp3) is 0.562. The average Bonchev–Trinajstić information content (AvgIpc) is 2.96. The minimum absolute atomic E-state index is 0.0116. The second-order valence-electron chi connectivity index (χ2n) is 10.8. The summed E-state index contributed by atoms with van der Waals surface area (Å²) in [4.78, 5) is 24.7. The van der Waals surface area contributed by atoms with Gasteiger partial charge in [0.25, 0.3) is 0 Å². The lowest BCUT2D eigenvalue weighted by Crippen LogP contribution is -2.10. The highest BCUT2D eigenvalue weighted by Gasteiger charge is 2.31. The number of hydrogen-bond donors (Lipinski definition) is 7. The fourth-order valence-electron chi connectivity index (χ4n) is 5.02. The van der Waals surface area contributed by atoms with Crippen LogP contribution in [0, 0.1) is 0 Å². The maximum Gasteiger partial charge on any atom is 0.339 e. The van der Waals surface area contributed by atoms with E-state index < -0.39 is 68.7 Å². The highest BCUT2D eigenvalue weighted by atomic mass is 16.5. The molecule has 234 valence electrons. The van der Waals surface area contributed by atoms with E-state index in [0.29, 0.717) is 12.5 Å². The molecule has 0 amide bonds. The summed E-state index contributed by atoms with van der Waals surface area (Å²) in [5.74, 6) is -9.02. The fourth-order valence-corrected chi connectivity index (χ4v) is 5.02. The number of phenolic OH excluding ortho intramolecular Hbond substituents is 6. The van der Waals surface area contributed by atoms with Crippen molar-refractivity contribution in [3.8, 4) is 45.6 Å². The number of benzene rings is 2. The van der Waals surface area contributed by atoms with Crippen molar-refractivity contribution in [1.29, 1.82) is 0 Å². The zero-order valence-electron chi connectivity index (χ0n) is 24.5. The number of aromatic carboxylic acids is 1. The van der Waals surface area contributed by atoms with Crippen LogP contribution in [0.5, 0.6) is 34.5 Å². The third-order valence-corrected chi connectivity index (χ3v) is 7.44. The minimum atomic E-state index is -1.67. The Hall–Kier alpha value is -3.82. The standard InChI is InChI=1S/C32H46O10/c1-2-3-4-5-6-7-8-9-10-11-12-13-14-15-16-17-18-42-32(41)22-20-24(34)28(36)30(38)26(22)25-21(31(39)40)19-23(33)27(35)29(25)37/h19-20,33-38H,2-18H2,1H3,(H,39,40). The molecular formula is C32H46O10. The molecule has 10 heteroatoms. The van der Waals surface area contributed by atoms with E-state index in [-0.39, 0.29) is 6.61 Å². The van der Waals surface area contributed by atoms with E-state index in [1.54, 1.807) is 0 Å². The Morgan fingerprint density at radius 3 is 1.31 bits per heavy atom. The molecule has 0 atom stereocenters. The van der Waals surface area contributed by atoms with Gasteiger partial charge < -0.3 is 40.5 Å². The third-order valence-electron chi connectivity index (χ3n) is 7.44. The van der Waals surface area contributed by atoms with Gasteiger partial charge in [-0.1, -0.05) is 103 Å². The predicted molar refractivity (Wildman–Crippen MR) is 159 cm³/mol. The molecule has 2 aromatic rings. The van der Waals surface area contributed by atoms with Gasteiger partial charge in [0.1, 0.15) is 0 Å². The van der Waals surface area contributed by atoms with Crippen LogP contribution in [0.25, 0.3) is 11.1 Å². The van der Waals surface area contributed by atoms with Gasteiger partial charge in [-0.15, -0.1) is 0 Å². The molecule has 0 unspecified atom stereocenters. The monoisotopic (exact) mass is 590 g/mol. The number of rotatable bonds is 20. The van der Waals surface area contributed by atoms with E-state index in [0.717, 1.165) is 31.7 Å². The van der Waals surface area contributed by atoms with E-state index in [1.807, 2.05) is 0 Å². The quantitative estimate of drug-likeness (QED) is 0.0457. The summed E-state index contributed by atoms with van der Waals surface area (Å²) < 4.78 is 5.27. The van der Waals surface area contributed by atoms with Crippen molar-refractivity contribution in [1.82, 2.24) is 0 Å². The SMILES string of the molecule is CCCCCCCCCCCCCCCCCCOC(=O)c1cc(O)c(O)c(O)c1-c1c(C(=O)O)cc(O)c(O)c1O. The smallest absolute Gasteiger partial charge is 0.339 e. The van der Waals surface area contributed by atoms with Gasteiger partial charge in [0.15, 0.2) is 23.0 Å². The van der Waals surface area contributed by atoms with E-state index >= 15 is 0 Å². The Morgan fingerprint density at radius 1 is 0.548 bits per heavy atom. The number of carboxylic acids is 1. The van der Waals surface area contributed by atoms with Crippen molar-refractivity contribution in [2.45, 2.75) is 110 Å². The molecule has 0 aromatic heterocycles. The molecule has 0 heterocycles. The van der Waals surface area contributed by atoms with Crippen LogP contribution < -0.4 is 0 Å². The van der Waals surface area contributed by atoms with Crippen molar-refractivity contribution in [2.75, 3.05) is 6.61 Å². The molecule has 0 aliphatic rings. The van der Waals surface area contributed by atoms with E-state index in [9.17, 15) is 45.3 Å². The second kappa shape index (κ2) is 17.9. The Balaban J connectivity index is 1.83. The van der Waals surface area contributed by atoms with Crippen molar-refractivity contribution in [3.05, 3.63) is 23.3 Å². The maximum atomic E-state index is 12.9. The molecule has 0 radical (unpaired) electrons. The molecule has 0 fully saturated rings. The Labute approximate surface area is 247 Å². The summed E-state index contributed by atoms with van der Waals surface area (Å²) in [7, 11) is 0. The normalized spacial score (nSPS) is 11.1. The first-order chi connectivity index (χ1) is 20.1. The molecule has 0 aliphatic carbocycles. The third kappa shape index (κ3) is 9.92. The van der Waals surface area contributed by atoms with Crippen molar-refractivity contribution in [2.24, 2.45) is 0 Å². The lowest BCUT2D eigenvalue weighted by molar-refractivity contribution is 0.0497. The minimum Gasteiger partial charge on any atom is -0.504 e. The van der Waals surface area contributed by atoms with Crippen LogP contribution in [0.3, 0.4) is 0 Å². The van der Waals surface area contributed by atoms with Gasteiger partial charge in [0, 0.05) is 11.1 Å². The van der Waals surface area contributed by atoms with Gasteiger partial charge in [0.05, 0.1) is 17.7 Å². The van der Waals surface area contributed by atoms with Gasteiger partial charge in [0.2, 0.25) is 11.5 Å². The first kappa shape index (κ1) is 34.4. The predicted octanol–water partition coefficient (Wildman–Crippen LogP) is 7.70. The van der Waals surface area contributed by atoms with Crippen molar-refractivity contribution in [3.63, 3.8) is 0 Å². The number of aromatic hydroxyl groups is 6. The topological polar surface area (TPSA) is 185 Å². The van der Waals surface area contributed by atoms with Crippen LogP contribution in [-0.2, 0) is 4.74 Å². The lowest BCUT2D eigenvalue weighted by atomic mass is 9.92. The molecular weight excluding hydrogens is 544 g/mol. The highest BCUT2D eigenvalue weighted by Crippen LogP contribution is 2.52. The summed E-state index contributed by atoms with van der Waals surface area (Å²) >= 11 is 0. The molecule has 0 aliphatic heterocycles. The Kier molecular flexibility index (Phi) is 14.6. The zero-order chi connectivity index (χ0) is 31.1. The molecule has 0 spiro atoms. The summed E-state index contributed by atoms with van der Waals surface area (Å²) in [6, 6.07) is 1.37. The number of hydrogen-bond acceptors (Lipinski definition) is 9. The van der Waals surface area contributed by atoms with Crippen molar-refractivity contribution < 1.29 is 50.1 Å². The van der Waals surface area contributed by atoms with Crippen LogP contribution in [0.4, 0.5) is 0 Å². The highest BCUT2D eigenvalue weighted by molar-refractivity contribution is 6.07. The van der Waals surface area contributed by atoms with Gasteiger partial charge in [-0.25, -0.2) is 9.59 Å². The molecule has 0 saturated heterocycles. The van der Waals surface area contributed by atoms with Crippen LogP contribution in [0.1, 0.15) is 130 Å². The molecule has 0 saturated carbocycles. The maximum absolute atomic E-state index is 12.9. The lowest BCUT2D eigenvalue weighted by Gasteiger charge is -2.17. The second-order valence-corrected chi connectivity index (χ2v) is 10.8. The molecule has 42 heavy (non-hydrogen) atoms. The summed E-state index contributed by atoms with van der Waals surface area (Å²) in [5, 5.41) is 70.2. The summed E-state index contributed by atoms with van der Waals surface area (Å²) in [6.07, 6.45) is 19.0. The number of carbonyl (C=O) groups excluding carboxylic acids is 1. The number of phenols is 6. The van der Waals surface area contributed by atoms with Crippen LogP contribution in [-0.4, -0.2) is 54.3 Å². The van der Waals surface area contributed by atoms with Gasteiger partial charge in [-0.3, -0.25) is 0 Å². The van der Waals surface area contributed by atoms with Gasteiger partial charge >= 0.3 is 11.9 Å². The van der Waals surface area contributed by atoms with Gasteiger partial charge in [-0.05, 0) is 18.6 Å². The molecule has 10 nitrogen and oxygen atoms in total. The number of unbranched alkanes of at least 4 members (excludes halogenated alkanes) is 15. The number of carboxylic acid groups (broad SMARTS) is 1. The van der Waals surface area contributed by atoms with Crippen LogP contribution >= 0.6 is 0 Å². The molecule has 0 bridgehead atoms. The van der Waals surface area contributed by atoms with Crippen molar-refractivity contribution >= 4 is 11.9 Å². The van der Waals surface area contributed by atoms with E-state index in [2.05, 4.69) is 6.92 Å². The molecule has 7 N–H and O–H groups in total. The first-order valence-electron chi connectivity index (χ1n) is 15.1. The zero-order valence-corrected chi connectivity index (χ0v) is 24.5. The van der Waals surface area contributed by atoms with Crippen LogP contribution in [0.15, 0.2) is 12.1 Å². The van der Waals surface area contributed by atoms with E-state index in [1.165, 1.54) is 70.6 Å². The first-order valence-corrected chi connectivity index (χ1v) is 15.1. The number of ether oxygens (including phenoxy) is 1. The number of carbonyl (C=O) groups is 2. The Morgan fingerprint density at radius 2 is 0.905 bits per heavy atom. The molecule has 2 aromatic carbocycles. The number of esters is 1. The van der Waals surface area contributed by atoms with E-state index in [4.69, 9.17) is 4.74 Å². The van der Waals surface area contributed by atoms with Crippen LogP contribution in [0.2, 0.25) is 0 Å². The van der Waals surface area contributed by atoms with Gasteiger partial charge in [-0.2, -0.15) is 0 Å². The average molecular weight is 591 g/mol. The largest absolute Gasteiger partial charge is 0.504 e. The summed E-state index contributed by atoms with van der Waals surface area (Å²) in [5.41, 5.74) is -2.77.